The highest BCUT2D eigenvalue weighted by Crippen LogP contribution is 2.37. The molecule has 1 aliphatic heterocycles. The van der Waals surface area contributed by atoms with Gasteiger partial charge in [-0.3, -0.25) is 19.4 Å². The summed E-state index contributed by atoms with van der Waals surface area (Å²) >= 11 is 0. The van der Waals surface area contributed by atoms with E-state index in [0.717, 1.165) is 0 Å². The molecule has 3 aromatic rings. The minimum absolute atomic E-state index is 0.0163. The molecule has 0 saturated heterocycles. The van der Waals surface area contributed by atoms with Gasteiger partial charge in [-0.05, 0) is 73.3 Å². The standard InChI is InChI=1S/C29H29FN4O4/c1-33(2)14-13-25(35)34(3)22-10-8-21(9-11-22)31-28(19-6-4-5-18(15-19)16-26(36)37)27-23-12-7-20(30)17-24(23)32-29(27)38/h4-12,15,17,27H,13-14,16H2,1-3H3,(H,32,38)(H,36,37). The molecule has 0 bridgehead atoms. The van der Waals surface area contributed by atoms with Crippen molar-refractivity contribution in [1.82, 2.24) is 4.90 Å². The van der Waals surface area contributed by atoms with Gasteiger partial charge in [0, 0.05) is 31.4 Å². The number of benzene rings is 3. The molecule has 1 atom stereocenters. The Morgan fingerprint density at radius 1 is 1.03 bits per heavy atom. The second kappa shape index (κ2) is 11.4. The first-order valence-corrected chi connectivity index (χ1v) is 12.1. The molecule has 4 rings (SSSR count). The van der Waals surface area contributed by atoms with E-state index in [1.54, 1.807) is 66.5 Å². The number of rotatable bonds is 9. The van der Waals surface area contributed by atoms with E-state index < -0.39 is 17.7 Å². The zero-order chi connectivity index (χ0) is 27.4. The maximum absolute atomic E-state index is 13.8. The van der Waals surface area contributed by atoms with Crippen LogP contribution in [0, 0.1) is 5.82 Å². The average Bonchev–Trinajstić information content (AvgIpc) is 3.19. The summed E-state index contributed by atoms with van der Waals surface area (Å²) in [5.74, 6) is -2.62. The first-order chi connectivity index (χ1) is 18.1. The third-order valence-corrected chi connectivity index (χ3v) is 6.33. The topological polar surface area (TPSA) is 102 Å². The van der Waals surface area contributed by atoms with E-state index in [-0.39, 0.29) is 18.2 Å². The van der Waals surface area contributed by atoms with E-state index >= 15 is 0 Å². The molecular formula is C29H29FN4O4. The van der Waals surface area contributed by atoms with Crippen LogP contribution in [0.1, 0.15) is 29.0 Å². The number of halogens is 1. The first kappa shape index (κ1) is 26.7. The van der Waals surface area contributed by atoms with E-state index in [1.807, 2.05) is 19.0 Å². The molecular weight excluding hydrogens is 487 g/mol. The van der Waals surface area contributed by atoms with Crippen molar-refractivity contribution in [3.05, 3.63) is 89.2 Å². The first-order valence-electron chi connectivity index (χ1n) is 12.1. The fourth-order valence-electron chi connectivity index (χ4n) is 4.34. The predicted molar refractivity (Wildman–Crippen MR) is 145 cm³/mol. The smallest absolute Gasteiger partial charge is 0.307 e. The average molecular weight is 517 g/mol. The van der Waals surface area contributed by atoms with Crippen LogP contribution in [0.4, 0.5) is 21.5 Å². The molecule has 38 heavy (non-hydrogen) atoms. The summed E-state index contributed by atoms with van der Waals surface area (Å²) in [5, 5.41) is 12.0. The molecule has 2 N–H and O–H groups in total. The van der Waals surface area contributed by atoms with Crippen LogP contribution >= 0.6 is 0 Å². The van der Waals surface area contributed by atoms with Gasteiger partial charge in [0.05, 0.1) is 17.8 Å². The second-order valence-electron chi connectivity index (χ2n) is 9.44. The van der Waals surface area contributed by atoms with Gasteiger partial charge >= 0.3 is 5.97 Å². The number of anilines is 2. The number of hydrogen-bond donors (Lipinski definition) is 2. The van der Waals surface area contributed by atoms with E-state index in [2.05, 4.69) is 5.32 Å². The van der Waals surface area contributed by atoms with Gasteiger partial charge in [-0.2, -0.15) is 0 Å². The summed E-state index contributed by atoms with van der Waals surface area (Å²) in [5.41, 5.74) is 3.77. The van der Waals surface area contributed by atoms with Gasteiger partial charge in [0.25, 0.3) is 0 Å². The highest BCUT2D eigenvalue weighted by atomic mass is 19.1. The number of hydrogen-bond acceptors (Lipinski definition) is 5. The van der Waals surface area contributed by atoms with Gasteiger partial charge in [-0.25, -0.2) is 4.39 Å². The number of aliphatic imine (C=N–C) groups is 1. The lowest BCUT2D eigenvalue weighted by Crippen LogP contribution is -2.29. The molecule has 0 aliphatic carbocycles. The Labute approximate surface area is 220 Å². The monoisotopic (exact) mass is 516 g/mol. The molecule has 0 saturated carbocycles. The molecule has 0 spiro atoms. The van der Waals surface area contributed by atoms with Crippen molar-refractivity contribution >= 4 is 40.6 Å². The SMILES string of the molecule is CN(C)CCC(=O)N(C)c1ccc(N=C(c2cccc(CC(=O)O)c2)C2C(=O)Nc3cc(F)ccc32)cc1. The van der Waals surface area contributed by atoms with Crippen LogP contribution in [0.25, 0.3) is 0 Å². The minimum Gasteiger partial charge on any atom is -0.481 e. The Hall–Kier alpha value is -4.37. The summed E-state index contributed by atoms with van der Waals surface area (Å²) in [4.78, 5) is 45.2. The molecule has 9 heteroatoms. The third kappa shape index (κ3) is 6.12. The van der Waals surface area contributed by atoms with Crippen molar-refractivity contribution in [2.24, 2.45) is 4.99 Å². The summed E-state index contributed by atoms with van der Waals surface area (Å²) in [6, 6.07) is 18.1. The fraction of sp³-hybridized carbons (Fsp3) is 0.241. The molecule has 196 valence electrons. The van der Waals surface area contributed by atoms with Gasteiger partial charge < -0.3 is 20.2 Å². The van der Waals surface area contributed by atoms with Crippen molar-refractivity contribution in [2.75, 3.05) is 37.9 Å². The molecule has 0 radical (unpaired) electrons. The summed E-state index contributed by atoms with van der Waals surface area (Å²) in [6.07, 6.45) is 0.208. The van der Waals surface area contributed by atoms with E-state index in [1.165, 1.54) is 12.1 Å². The lowest BCUT2D eigenvalue weighted by atomic mass is 9.89. The lowest BCUT2D eigenvalue weighted by Gasteiger charge is -2.19. The summed E-state index contributed by atoms with van der Waals surface area (Å²) in [7, 11) is 5.54. The summed E-state index contributed by atoms with van der Waals surface area (Å²) < 4.78 is 13.8. The highest BCUT2D eigenvalue weighted by Gasteiger charge is 2.35. The van der Waals surface area contributed by atoms with Gasteiger partial charge in [0.15, 0.2) is 0 Å². The third-order valence-electron chi connectivity index (χ3n) is 6.33. The number of nitrogens with one attached hydrogen (secondary N) is 1. The molecule has 1 aliphatic rings. The Morgan fingerprint density at radius 2 is 1.76 bits per heavy atom. The van der Waals surface area contributed by atoms with Crippen molar-refractivity contribution in [3.63, 3.8) is 0 Å². The van der Waals surface area contributed by atoms with E-state index in [0.29, 0.717) is 52.4 Å². The van der Waals surface area contributed by atoms with Crippen LogP contribution < -0.4 is 10.2 Å². The summed E-state index contributed by atoms with van der Waals surface area (Å²) in [6.45, 7) is 0.644. The largest absolute Gasteiger partial charge is 0.481 e. The van der Waals surface area contributed by atoms with Crippen LogP contribution in [0.5, 0.6) is 0 Å². The maximum atomic E-state index is 13.8. The molecule has 1 heterocycles. The zero-order valence-corrected chi connectivity index (χ0v) is 21.4. The highest BCUT2D eigenvalue weighted by molar-refractivity contribution is 6.24. The minimum atomic E-state index is -0.972. The van der Waals surface area contributed by atoms with Gasteiger partial charge in [-0.15, -0.1) is 0 Å². The maximum Gasteiger partial charge on any atom is 0.307 e. The number of aliphatic carboxylic acids is 1. The second-order valence-corrected chi connectivity index (χ2v) is 9.44. The fourth-order valence-corrected chi connectivity index (χ4v) is 4.34. The molecule has 0 fully saturated rings. The predicted octanol–water partition coefficient (Wildman–Crippen LogP) is 4.22. The Morgan fingerprint density at radius 3 is 2.45 bits per heavy atom. The van der Waals surface area contributed by atoms with Crippen molar-refractivity contribution in [1.29, 1.82) is 0 Å². The van der Waals surface area contributed by atoms with Crippen LogP contribution in [-0.4, -0.2) is 61.2 Å². The van der Waals surface area contributed by atoms with E-state index in [4.69, 9.17) is 4.99 Å². The Bertz CT molecular complexity index is 1400. The number of carbonyl (C=O) groups is 3. The number of carboxylic acid groups (broad SMARTS) is 1. The molecule has 2 amide bonds. The number of fused-ring (bicyclic) bond motifs is 1. The van der Waals surface area contributed by atoms with Crippen molar-refractivity contribution in [3.8, 4) is 0 Å². The van der Waals surface area contributed by atoms with Crippen LogP contribution in [0.2, 0.25) is 0 Å². The van der Waals surface area contributed by atoms with Crippen LogP contribution in [0.15, 0.2) is 71.7 Å². The lowest BCUT2D eigenvalue weighted by molar-refractivity contribution is -0.136. The van der Waals surface area contributed by atoms with Crippen LogP contribution in [0.3, 0.4) is 0 Å². The number of nitrogens with zero attached hydrogens (tertiary/aromatic N) is 3. The van der Waals surface area contributed by atoms with Gasteiger partial charge in [0.2, 0.25) is 11.8 Å². The Kier molecular flexibility index (Phi) is 7.97. The molecule has 1 unspecified atom stereocenters. The number of amides is 2. The number of carbonyl (C=O) groups excluding carboxylic acids is 2. The normalized spacial score (nSPS) is 14.8. The van der Waals surface area contributed by atoms with Crippen LogP contribution in [-0.2, 0) is 20.8 Å². The van der Waals surface area contributed by atoms with E-state index in [9.17, 15) is 23.9 Å². The molecule has 8 nitrogen and oxygen atoms in total. The quantitative estimate of drug-likeness (QED) is 0.415. The molecule has 3 aromatic carbocycles. The Balaban J connectivity index is 1.72. The van der Waals surface area contributed by atoms with Crippen molar-refractivity contribution < 1.29 is 23.9 Å². The van der Waals surface area contributed by atoms with Crippen molar-refractivity contribution in [2.45, 2.75) is 18.8 Å². The zero-order valence-electron chi connectivity index (χ0n) is 21.4. The van der Waals surface area contributed by atoms with Gasteiger partial charge in [0.1, 0.15) is 11.7 Å². The molecule has 0 aromatic heterocycles. The number of carboxylic acids is 1. The van der Waals surface area contributed by atoms with Gasteiger partial charge in [-0.1, -0.05) is 24.3 Å².